The number of nitrogens with one attached hydrogen (secondary N) is 2. The van der Waals surface area contributed by atoms with Crippen LogP contribution in [0.25, 0.3) is 0 Å². The van der Waals surface area contributed by atoms with Gasteiger partial charge in [-0.05, 0) is 24.4 Å². The minimum atomic E-state index is -0.0509. The summed E-state index contributed by atoms with van der Waals surface area (Å²) in [5, 5.41) is 16.5. The van der Waals surface area contributed by atoms with Gasteiger partial charge in [0, 0.05) is 25.0 Å². The van der Waals surface area contributed by atoms with Crippen LogP contribution < -0.4 is 10.6 Å². The van der Waals surface area contributed by atoms with Crippen molar-refractivity contribution < 1.29 is 9.90 Å². The molecule has 84 valence electrons. The van der Waals surface area contributed by atoms with Crippen LogP contribution in [0.2, 0.25) is 0 Å². The molecule has 1 aromatic heterocycles. The van der Waals surface area contributed by atoms with Crippen LogP contribution in [0.15, 0.2) is 11.4 Å². The van der Waals surface area contributed by atoms with E-state index >= 15 is 0 Å². The highest BCUT2D eigenvalue weighted by Gasteiger charge is 2.04. The largest absolute Gasteiger partial charge is 0.396 e. The monoisotopic (exact) mass is 228 g/mol. The highest BCUT2D eigenvalue weighted by Crippen LogP contribution is 2.21. The zero-order valence-corrected chi connectivity index (χ0v) is 9.56. The molecule has 0 aromatic carbocycles. The third-order valence-corrected chi connectivity index (χ3v) is 2.77. The van der Waals surface area contributed by atoms with Gasteiger partial charge in [0.25, 0.3) is 0 Å². The molecular weight excluding hydrogens is 212 g/mol. The molecule has 0 bridgehead atoms. The summed E-state index contributed by atoms with van der Waals surface area (Å²) in [5.41, 5.74) is 0.879. The summed E-state index contributed by atoms with van der Waals surface area (Å²) in [6, 6.07) is 1.90. The molecule has 1 aromatic rings. The van der Waals surface area contributed by atoms with E-state index in [0.717, 1.165) is 30.1 Å². The second-order valence-electron chi connectivity index (χ2n) is 3.19. The van der Waals surface area contributed by atoms with Crippen molar-refractivity contribution in [2.75, 3.05) is 18.5 Å². The zero-order chi connectivity index (χ0) is 11.1. The molecule has 0 unspecified atom stereocenters. The molecule has 0 aliphatic heterocycles. The normalized spacial score (nSPS) is 10.3. The fourth-order valence-corrected chi connectivity index (χ4v) is 1.98. The van der Waals surface area contributed by atoms with Gasteiger partial charge >= 0.3 is 0 Å². The molecule has 1 rings (SSSR count). The first-order chi connectivity index (χ1) is 7.24. The molecule has 0 saturated carbocycles. The Kier molecular flexibility index (Phi) is 5.31. The number of hydrogen-bond donors (Lipinski definition) is 3. The lowest BCUT2D eigenvalue weighted by molar-refractivity contribution is -0.114. The molecule has 0 spiro atoms. The van der Waals surface area contributed by atoms with Crippen molar-refractivity contribution in [3.8, 4) is 0 Å². The van der Waals surface area contributed by atoms with Crippen molar-refractivity contribution in [3.05, 3.63) is 16.3 Å². The van der Waals surface area contributed by atoms with Gasteiger partial charge in [-0.1, -0.05) is 0 Å². The van der Waals surface area contributed by atoms with E-state index in [4.69, 9.17) is 5.11 Å². The van der Waals surface area contributed by atoms with Crippen LogP contribution in [-0.4, -0.2) is 24.2 Å². The van der Waals surface area contributed by atoms with Crippen molar-refractivity contribution in [2.45, 2.75) is 19.9 Å². The first kappa shape index (κ1) is 12.2. The molecule has 5 heteroatoms. The number of thiophene rings is 1. The molecule has 0 aliphatic carbocycles. The molecule has 4 nitrogen and oxygen atoms in total. The highest BCUT2D eigenvalue weighted by atomic mass is 32.1. The standard InChI is InChI=1S/C10H16N2O2S/c1-8(14)12-9-3-6-15-10(9)7-11-4-2-5-13/h3,6,11,13H,2,4-5,7H2,1H3,(H,12,14). The van der Waals surface area contributed by atoms with E-state index in [1.165, 1.54) is 6.92 Å². The number of carbonyl (C=O) groups is 1. The third-order valence-electron chi connectivity index (χ3n) is 1.85. The lowest BCUT2D eigenvalue weighted by Gasteiger charge is -2.05. The number of hydrogen-bond acceptors (Lipinski definition) is 4. The Morgan fingerprint density at radius 2 is 2.40 bits per heavy atom. The van der Waals surface area contributed by atoms with Gasteiger partial charge in [0.15, 0.2) is 0 Å². The van der Waals surface area contributed by atoms with Gasteiger partial charge in [0.1, 0.15) is 0 Å². The summed E-state index contributed by atoms with van der Waals surface area (Å²) >= 11 is 1.61. The second-order valence-corrected chi connectivity index (χ2v) is 4.19. The summed E-state index contributed by atoms with van der Waals surface area (Å²) in [6.07, 6.45) is 0.751. The third kappa shape index (κ3) is 4.42. The van der Waals surface area contributed by atoms with Crippen LogP contribution in [0.4, 0.5) is 5.69 Å². The summed E-state index contributed by atoms with van der Waals surface area (Å²) in [5.74, 6) is -0.0509. The van der Waals surface area contributed by atoms with Gasteiger partial charge in [-0.2, -0.15) is 0 Å². The van der Waals surface area contributed by atoms with Crippen molar-refractivity contribution in [2.24, 2.45) is 0 Å². The van der Waals surface area contributed by atoms with Crippen molar-refractivity contribution in [3.63, 3.8) is 0 Å². The van der Waals surface area contributed by atoms with E-state index in [-0.39, 0.29) is 12.5 Å². The first-order valence-corrected chi connectivity index (χ1v) is 5.77. The Balaban J connectivity index is 2.39. The smallest absolute Gasteiger partial charge is 0.221 e. The average Bonchev–Trinajstić information content (AvgIpc) is 2.59. The quantitative estimate of drug-likeness (QED) is 0.641. The molecule has 0 aliphatic rings. The van der Waals surface area contributed by atoms with Crippen molar-refractivity contribution >= 4 is 22.9 Å². The molecule has 1 heterocycles. The molecule has 0 radical (unpaired) electrons. The van der Waals surface area contributed by atoms with Gasteiger partial charge < -0.3 is 15.7 Å². The Morgan fingerprint density at radius 1 is 1.60 bits per heavy atom. The maximum atomic E-state index is 10.9. The topological polar surface area (TPSA) is 61.4 Å². The van der Waals surface area contributed by atoms with Gasteiger partial charge in [-0.3, -0.25) is 4.79 Å². The van der Waals surface area contributed by atoms with E-state index in [2.05, 4.69) is 10.6 Å². The van der Waals surface area contributed by atoms with Gasteiger partial charge in [-0.25, -0.2) is 0 Å². The minimum absolute atomic E-state index is 0.0509. The zero-order valence-electron chi connectivity index (χ0n) is 8.75. The average molecular weight is 228 g/mol. The summed E-state index contributed by atoms with van der Waals surface area (Å²) in [7, 11) is 0. The Bertz CT molecular complexity index is 312. The number of rotatable bonds is 6. The van der Waals surface area contributed by atoms with Crippen molar-refractivity contribution in [1.82, 2.24) is 5.32 Å². The van der Waals surface area contributed by atoms with Crippen LogP contribution in [0.1, 0.15) is 18.2 Å². The van der Waals surface area contributed by atoms with Gasteiger partial charge in [0.2, 0.25) is 5.91 Å². The molecule has 0 fully saturated rings. The number of anilines is 1. The number of amides is 1. The molecule has 1 amide bonds. The van der Waals surface area contributed by atoms with E-state index < -0.39 is 0 Å². The van der Waals surface area contributed by atoms with Crippen LogP contribution >= 0.6 is 11.3 Å². The lowest BCUT2D eigenvalue weighted by Crippen LogP contribution is -2.16. The summed E-state index contributed by atoms with van der Waals surface area (Å²) in [6.45, 7) is 3.22. The molecular formula is C10H16N2O2S. The number of aliphatic hydroxyl groups excluding tert-OH is 1. The second kappa shape index (κ2) is 6.55. The number of carbonyl (C=O) groups excluding carboxylic acids is 1. The molecule has 0 saturated heterocycles. The van der Waals surface area contributed by atoms with E-state index in [1.807, 2.05) is 11.4 Å². The van der Waals surface area contributed by atoms with E-state index in [9.17, 15) is 4.79 Å². The molecule has 3 N–H and O–H groups in total. The molecule has 15 heavy (non-hydrogen) atoms. The van der Waals surface area contributed by atoms with Crippen LogP contribution in [0.5, 0.6) is 0 Å². The summed E-state index contributed by atoms with van der Waals surface area (Å²) < 4.78 is 0. The molecule has 0 atom stereocenters. The van der Waals surface area contributed by atoms with E-state index in [1.54, 1.807) is 11.3 Å². The summed E-state index contributed by atoms with van der Waals surface area (Å²) in [4.78, 5) is 12.0. The Hall–Kier alpha value is -0.910. The van der Waals surface area contributed by atoms with E-state index in [0.29, 0.717) is 0 Å². The first-order valence-electron chi connectivity index (χ1n) is 4.89. The predicted molar refractivity (Wildman–Crippen MR) is 62.0 cm³/mol. The maximum Gasteiger partial charge on any atom is 0.221 e. The predicted octanol–water partition coefficient (Wildman–Crippen LogP) is 1.18. The SMILES string of the molecule is CC(=O)Nc1ccsc1CNCCCO. The highest BCUT2D eigenvalue weighted by molar-refractivity contribution is 7.10. The van der Waals surface area contributed by atoms with Crippen molar-refractivity contribution in [1.29, 1.82) is 0 Å². The Labute approximate surface area is 93.3 Å². The Morgan fingerprint density at radius 3 is 3.07 bits per heavy atom. The van der Waals surface area contributed by atoms with Crippen LogP contribution in [-0.2, 0) is 11.3 Å². The lowest BCUT2D eigenvalue weighted by atomic mass is 10.3. The fraction of sp³-hybridized carbons (Fsp3) is 0.500. The van der Waals surface area contributed by atoms with Gasteiger partial charge in [0.05, 0.1) is 5.69 Å². The minimum Gasteiger partial charge on any atom is -0.396 e. The maximum absolute atomic E-state index is 10.9. The number of aliphatic hydroxyl groups is 1. The van der Waals surface area contributed by atoms with Crippen LogP contribution in [0, 0.1) is 0 Å². The van der Waals surface area contributed by atoms with Crippen LogP contribution in [0.3, 0.4) is 0 Å². The van der Waals surface area contributed by atoms with Gasteiger partial charge in [-0.15, -0.1) is 11.3 Å². The fourth-order valence-electron chi connectivity index (χ4n) is 1.18.